The lowest BCUT2D eigenvalue weighted by atomic mass is 10.1. The van der Waals surface area contributed by atoms with Gasteiger partial charge < -0.3 is 9.80 Å². The average molecular weight is 548 g/mol. The average Bonchev–Trinajstić information content (AvgIpc) is 2.87. The first-order valence-electron chi connectivity index (χ1n) is 11.1. The van der Waals surface area contributed by atoms with Crippen molar-refractivity contribution in [1.82, 2.24) is 20.7 Å². The van der Waals surface area contributed by atoms with Gasteiger partial charge in [0.25, 0.3) is 5.91 Å². The van der Waals surface area contributed by atoms with E-state index in [4.69, 9.17) is 11.6 Å². The highest BCUT2D eigenvalue weighted by molar-refractivity contribution is 6.31. The summed E-state index contributed by atoms with van der Waals surface area (Å²) in [5, 5.41) is -0.237. The van der Waals surface area contributed by atoms with Gasteiger partial charge in [0, 0.05) is 43.0 Å². The Hall–Kier alpha value is -3.45. The van der Waals surface area contributed by atoms with Crippen LogP contribution in [0.15, 0.2) is 36.4 Å². The number of halogens is 6. The van der Waals surface area contributed by atoms with E-state index in [0.29, 0.717) is 26.2 Å². The van der Waals surface area contributed by atoms with Gasteiger partial charge in [0.05, 0.1) is 11.6 Å². The molecule has 0 bridgehead atoms. The highest BCUT2D eigenvalue weighted by atomic mass is 35.5. The van der Waals surface area contributed by atoms with Crippen molar-refractivity contribution < 1.29 is 36.3 Å². The number of nitrogens with one attached hydrogen (secondary N) is 2. The van der Waals surface area contributed by atoms with E-state index in [1.54, 1.807) is 10.3 Å². The molecule has 1 aliphatic heterocycles. The van der Waals surface area contributed by atoms with Gasteiger partial charge in [-0.1, -0.05) is 24.6 Å². The van der Waals surface area contributed by atoms with Crippen molar-refractivity contribution in [1.29, 1.82) is 0 Å². The van der Waals surface area contributed by atoms with Gasteiger partial charge in [-0.25, -0.2) is 13.6 Å². The summed E-state index contributed by atoms with van der Waals surface area (Å²) in [6, 6.07) is 6.22. The number of amides is 4. The second-order valence-electron chi connectivity index (χ2n) is 8.10. The summed E-state index contributed by atoms with van der Waals surface area (Å²) in [5.74, 6) is -5.22. The van der Waals surface area contributed by atoms with Crippen molar-refractivity contribution in [3.8, 4) is 0 Å². The van der Waals surface area contributed by atoms with Crippen molar-refractivity contribution >= 4 is 35.1 Å². The number of hydrogen-bond donors (Lipinski definition) is 2. The molecule has 2 aromatic carbocycles. The van der Waals surface area contributed by atoms with Gasteiger partial charge in [-0.2, -0.15) is 13.2 Å². The topological polar surface area (TPSA) is 85.0 Å². The third kappa shape index (κ3) is 7.07. The van der Waals surface area contributed by atoms with Crippen LogP contribution in [0.1, 0.15) is 22.8 Å². The molecule has 2 N–H and O–H groups in total. The molecule has 0 unspecified atom stereocenters. The Bertz CT molecular complexity index is 1170. The Balaban J connectivity index is 1.81. The standard InChI is InChI=1S/C23H23ClF5N5O3/c1-2-32-7-9-33(10-8-32)22(37)34(16-5-6-18(25)17(24)12-16)13-15-4-3-14(11-19(15)26)20(35)30-31-21(36)23(27,28)29/h3-6,11-12H,2,7-10,13H2,1H3,(H,30,35)(H,31,36). The molecule has 1 heterocycles. The number of rotatable bonds is 5. The van der Waals surface area contributed by atoms with E-state index in [0.717, 1.165) is 24.7 Å². The molecule has 200 valence electrons. The largest absolute Gasteiger partial charge is 0.472 e. The lowest BCUT2D eigenvalue weighted by molar-refractivity contribution is -0.174. The maximum Gasteiger partial charge on any atom is 0.472 e. The normalized spacial score (nSPS) is 14.3. The molecule has 4 amide bonds. The molecule has 1 saturated heterocycles. The van der Waals surface area contributed by atoms with Crippen LogP contribution in [0.25, 0.3) is 0 Å². The number of piperazine rings is 1. The smallest absolute Gasteiger partial charge is 0.322 e. The summed E-state index contributed by atoms with van der Waals surface area (Å²) >= 11 is 5.90. The summed E-state index contributed by atoms with van der Waals surface area (Å²) in [4.78, 5) is 41.2. The van der Waals surface area contributed by atoms with Crippen LogP contribution in [-0.2, 0) is 11.3 Å². The minimum Gasteiger partial charge on any atom is -0.322 e. The molecule has 0 aromatic heterocycles. The lowest BCUT2D eigenvalue weighted by Gasteiger charge is -2.37. The highest BCUT2D eigenvalue weighted by Gasteiger charge is 2.39. The zero-order chi connectivity index (χ0) is 27.3. The molecule has 1 aliphatic rings. The number of carbonyl (C=O) groups excluding carboxylic acids is 3. The monoisotopic (exact) mass is 547 g/mol. The minimum atomic E-state index is -5.22. The molecule has 0 atom stereocenters. The highest BCUT2D eigenvalue weighted by Crippen LogP contribution is 2.26. The maximum atomic E-state index is 14.9. The zero-order valence-electron chi connectivity index (χ0n) is 19.5. The molecule has 1 fully saturated rings. The Morgan fingerprint density at radius 1 is 0.973 bits per heavy atom. The van der Waals surface area contributed by atoms with Crippen LogP contribution < -0.4 is 15.8 Å². The number of nitrogens with zero attached hydrogens (tertiary/aromatic N) is 3. The molecular formula is C23H23ClF5N5O3. The zero-order valence-corrected chi connectivity index (χ0v) is 20.3. The predicted molar refractivity (Wildman–Crippen MR) is 125 cm³/mol. The fourth-order valence-corrected chi connectivity index (χ4v) is 3.77. The van der Waals surface area contributed by atoms with Gasteiger partial charge in [0.1, 0.15) is 11.6 Å². The summed E-state index contributed by atoms with van der Waals surface area (Å²) in [5.41, 5.74) is 2.54. The van der Waals surface area contributed by atoms with Gasteiger partial charge in [0.15, 0.2) is 0 Å². The predicted octanol–water partition coefficient (Wildman–Crippen LogP) is 3.71. The van der Waals surface area contributed by atoms with E-state index in [1.807, 2.05) is 6.92 Å². The number of alkyl halides is 3. The Morgan fingerprint density at radius 2 is 1.65 bits per heavy atom. The third-order valence-electron chi connectivity index (χ3n) is 5.73. The van der Waals surface area contributed by atoms with Crippen LogP contribution in [0.4, 0.5) is 32.4 Å². The number of hydrazine groups is 1. The van der Waals surface area contributed by atoms with Crippen LogP contribution in [0.5, 0.6) is 0 Å². The molecule has 0 aliphatic carbocycles. The maximum absolute atomic E-state index is 14.9. The second kappa shape index (κ2) is 11.7. The van der Waals surface area contributed by atoms with Gasteiger partial charge in [-0.05, 0) is 36.9 Å². The number of likely N-dealkylation sites (N-methyl/N-ethyl adjacent to an activating group) is 1. The third-order valence-corrected chi connectivity index (χ3v) is 6.02. The van der Waals surface area contributed by atoms with Gasteiger partial charge in [0.2, 0.25) is 0 Å². The number of urea groups is 1. The summed E-state index contributed by atoms with van der Waals surface area (Å²) in [6.45, 7) is 4.64. The Morgan fingerprint density at radius 3 is 2.22 bits per heavy atom. The molecule has 0 saturated carbocycles. The SMILES string of the molecule is CCN1CCN(C(=O)N(Cc2ccc(C(=O)NNC(=O)C(F)(F)F)cc2F)c2ccc(F)c(Cl)c2)CC1. The van der Waals surface area contributed by atoms with E-state index in [9.17, 15) is 36.3 Å². The Kier molecular flexibility index (Phi) is 8.92. The van der Waals surface area contributed by atoms with Crippen molar-refractivity contribution in [3.05, 3.63) is 64.2 Å². The van der Waals surface area contributed by atoms with Crippen molar-refractivity contribution in [3.63, 3.8) is 0 Å². The summed E-state index contributed by atoms with van der Waals surface area (Å²) in [6.07, 6.45) is -5.22. The van der Waals surface area contributed by atoms with Crippen LogP contribution in [0, 0.1) is 11.6 Å². The first-order valence-corrected chi connectivity index (χ1v) is 11.5. The van der Waals surface area contributed by atoms with E-state index in [1.165, 1.54) is 28.5 Å². The van der Waals surface area contributed by atoms with Crippen LogP contribution >= 0.6 is 11.6 Å². The number of anilines is 1. The molecule has 0 spiro atoms. The van der Waals surface area contributed by atoms with Gasteiger partial charge in [-0.3, -0.25) is 25.3 Å². The number of hydrogen-bond acceptors (Lipinski definition) is 4. The minimum absolute atomic E-state index is 0.0307. The van der Waals surface area contributed by atoms with Gasteiger partial charge >= 0.3 is 18.1 Å². The fourth-order valence-electron chi connectivity index (χ4n) is 3.59. The molecule has 37 heavy (non-hydrogen) atoms. The summed E-state index contributed by atoms with van der Waals surface area (Å²) < 4.78 is 65.5. The molecule has 14 heteroatoms. The molecule has 2 aromatic rings. The molecule has 0 radical (unpaired) electrons. The van der Waals surface area contributed by atoms with Gasteiger partial charge in [-0.15, -0.1) is 0 Å². The van der Waals surface area contributed by atoms with Crippen LogP contribution in [0.2, 0.25) is 5.02 Å². The fraction of sp³-hybridized carbons (Fsp3) is 0.348. The molecule has 3 rings (SSSR count). The van der Waals surface area contributed by atoms with E-state index >= 15 is 0 Å². The van der Waals surface area contributed by atoms with E-state index in [-0.39, 0.29) is 28.4 Å². The quantitative estimate of drug-likeness (QED) is 0.442. The second-order valence-corrected chi connectivity index (χ2v) is 8.51. The molecular weight excluding hydrogens is 525 g/mol. The van der Waals surface area contributed by atoms with E-state index in [2.05, 4.69) is 4.90 Å². The number of benzene rings is 2. The van der Waals surface area contributed by atoms with Crippen molar-refractivity contribution in [2.24, 2.45) is 0 Å². The van der Waals surface area contributed by atoms with Crippen molar-refractivity contribution in [2.45, 2.75) is 19.6 Å². The van der Waals surface area contributed by atoms with E-state index < -0.39 is 35.7 Å². The van der Waals surface area contributed by atoms with Crippen LogP contribution in [0.3, 0.4) is 0 Å². The number of carbonyl (C=O) groups is 3. The first-order chi connectivity index (χ1) is 17.4. The lowest BCUT2D eigenvalue weighted by Crippen LogP contribution is -2.52. The van der Waals surface area contributed by atoms with Crippen molar-refractivity contribution in [2.75, 3.05) is 37.6 Å². The first kappa shape index (κ1) is 28.1. The Labute approximate surface area is 213 Å². The van der Waals surface area contributed by atoms with Crippen LogP contribution in [-0.4, -0.2) is 66.5 Å². The molecule has 8 nitrogen and oxygen atoms in total. The summed E-state index contributed by atoms with van der Waals surface area (Å²) in [7, 11) is 0.